The molecule has 7 nitrogen and oxygen atoms in total. The molecule has 0 bridgehead atoms. The standard InChI is InChI=1S/C18H21FN4O3/c1-26-7-6-20-18(25)16-10-15-9-14(11-23(15)22-16)21-17(24)8-12-2-4-13(19)5-3-12/h2-5,10,14H,6-9,11H2,1H3,(H,20,25)(H,21,24). The topological polar surface area (TPSA) is 85.2 Å². The molecule has 1 unspecified atom stereocenters. The van der Waals surface area contributed by atoms with Gasteiger partial charge in [0.15, 0.2) is 0 Å². The number of rotatable bonds is 7. The molecule has 1 aromatic heterocycles. The molecule has 1 aliphatic heterocycles. The lowest BCUT2D eigenvalue weighted by Gasteiger charge is -2.12. The average molecular weight is 360 g/mol. The first kappa shape index (κ1) is 18.1. The number of carbonyl (C=O) groups is 2. The normalized spacial score (nSPS) is 15.5. The number of hydrogen-bond acceptors (Lipinski definition) is 4. The van der Waals surface area contributed by atoms with E-state index in [1.807, 2.05) is 0 Å². The Labute approximate surface area is 150 Å². The first-order valence-corrected chi connectivity index (χ1v) is 8.43. The van der Waals surface area contributed by atoms with Crippen LogP contribution in [0.25, 0.3) is 0 Å². The van der Waals surface area contributed by atoms with Crippen LogP contribution in [0.1, 0.15) is 21.7 Å². The van der Waals surface area contributed by atoms with E-state index in [9.17, 15) is 14.0 Å². The zero-order valence-corrected chi connectivity index (χ0v) is 14.5. The summed E-state index contributed by atoms with van der Waals surface area (Å²) in [6.45, 7) is 1.40. The number of carbonyl (C=O) groups excluding carboxylic acids is 2. The third-order valence-electron chi connectivity index (χ3n) is 4.18. The highest BCUT2D eigenvalue weighted by Crippen LogP contribution is 2.16. The fraction of sp³-hybridized carbons (Fsp3) is 0.389. The number of amides is 2. The van der Waals surface area contributed by atoms with Crippen molar-refractivity contribution in [2.45, 2.75) is 25.4 Å². The van der Waals surface area contributed by atoms with E-state index >= 15 is 0 Å². The molecule has 0 fully saturated rings. The van der Waals surface area contributed by atoms with E-state index in [0.29, 0.717) is 31.8 Å². The fourth-order valence-corrected chi connectivity index (χ4v) is 2.93. The Balaban J connectivity index is 1.49. The lowest BCUT2D eigenvalue weighted by molar-refractivity contribution is -0.121. The molecule has 0 aliphatic carbocycles. The van der Waals surface area contributed by atoms with Gasteiger partial charge in [-0.15, -0.1) is 0 Å². The summed E-state index contributed by atoms with van der Waals surface area (Å²) in [7, 11) is 1.57. The van der Waals surface area contributed by atoms with Crippen molar-refractivity contribution in [1.82, 2.24) is 20.4 Å². The maximum Gasteiger partial charge on any atom is 0.271 e. The second kappa shape index (κ2) is 8.09. The molecule has 2 heterocycles. The van der Waals surface area contributed by atoms with Gasteiger partial charge in [-0.25, -0.2) is 4.39 Å². The number of aromatic nitrogens is 2. The van der Waals surface area contributed by atoms with Crippen molar-refractivity contribution in [2.24, 2.45) is 0 Å². The summed E-state index contributed by atoms with van der Waals surface area (Å²) in [6.07, 6.45) is 0.819. The number of fused-ring (bicyclic) bond motifs is 1. The van der Waals surface area contributed by atoms with E-state index in [1.165, 1.54) is 12.1 Å². The Morgan fingerprint density at radius 2 is 2.12 bits per heavy atom. The number of benzene rings is 1. The van der Waals surface area contributed by atoms with Gasteiger partial charge in [0.2, 0.25) is 5.91 Å². The molecule has 0 radical (unpaired) electrons. The highest BCUT2D eigenvalue weighted by molar-refractivity contribution is 5.92. The monoisotopic (exact) mass is 360 g/mol. The van der Waals surface area contributed by atoms with Crippen LogP contribution in [-0.4, -0.2) is 47.9 Å². The Morgan fingerprint density at radius 3 is 2.81 bits per heavy atom. The summed E-state index contributed by atoms with van der Waals surface area (Å²) in [4.78, 5) is 24.1. The van der Waals surface area contributed by atoms with Gasteiger partial charge in [0.1, 0.15) is 11.5 Å². The van der Waals surface area contributed by atoms with E-state index < -0.39 is 0 Å². The minimum absolute atomic E-state index is 0.0592. The van der Waals surface area contributed by atoms with Crippen LogP contribution in [0.3, 0.4) is 0 Å². The molecule has 1 atom stereocenters. The van der Waals surface area contributed by atoms with Gasteiger partial charge in [-0.05, 0) is 23.8 Å². The van der Waals surface area contributed by atoms with Gasteiger partial charge >= 0.3 is 0 Å². The van der Waals surface area contributed by atoms with Gasteiger partial charge in [0.05, 0.1) is 25.6 Å². The second-order valence-corrected chi connectivity index (χ2v) is 6.22. The van der Waals surface area contributed by atoms with Gasteiger partial charge in [-0.3, -0.25) is 14.3 Å². The third-order valence-corrected chi connectivity index (χ3v) is 4.18. The van der Waals surface area contributed by atoms with Gasteiger partial charge in [-0.2, -0.15) is 5.10 Å². The molecule has 0 saturated heterocycles. The van der Waals surface area contributed by atoms with E-state index in [2.05, 4.69) is 15.7 Å². The number of halogens is 1. The third kappa shape index (κ3) is 4.45. The van der Waals surface area contributed by atoms with Crippen LogP contribution in [0.5, 0.6) is 0 Å². The summed E-state index contributed by atoms with van der Waals surface area (Å²) in [6, 6.07) is 7.57. The molecule has 2 aromatic rings. The summed E-state index contributed by atoms with van der Waals surface area (Å²) in [5.41, 5.74) is 2.04. The molecule has 1 aromatic carbocycles. The Morgan fingerprint density at radius 1 is 1.35 bits per heavy atom. The maximum atomic E-state index is 12.9. The molecular formula is C18H21FN4O3. The summed E-state index contributed by atoms with van der Waals surface area (Å²) >= 11 is 0. The van der Waals surface area contributed by atoms with Gasteiger partial charge < -0.3 is 15.4 Å². The summed E-state index contributed by atoms with van der Waals surface area (Å²) in [5, 5.41) is 9.97. The van der Waals surface area contributed by atoms with E-state index in [1.54, 1.807) is 30.0 Å². The molecule has 2 amide bonds. The van der Waals surface area contributed by atoms with Crippen molar-refractivity contribution < 1.29 is 18.7 Å². The molecular weight excluding hydrogens is 339 g/mol. The predicted octanol–water partition coefficient (Wildman–Crippen LogP) is 0.682. The maximum absolute atomic E-state index is 12.9. The van der Waals surface area contributed by atoms with E-state index in [0.717, 1.165) is 11.3 Å². The fourth-order valence-electron chi connectivity index (χ4n) is 2.93. The minimum atomic E-state index is -0.322. The first-order valence-electron chi connectivity index (χ1n) is 8.43. The number of methoxy groups -OCH3 is 1. The number of nitrogens with zero attached hydrogens (tertiary/aromatic N) is 2. The van der Waals surface area contributed by atoms with Crippen molar-refractivity contribution in [3.63, 3.8) is 0 Å². The Hall–Kier alpha value is -2.74. The van der Waals surface area contributed by atoms with E-state index in [4.69, 9.17) is 4.74 Å². The molecule has 2 N–H and O–H groups in total. The van der Waals surface area contributed by atoms with Crippen LogP contribution in [0, 0.1) is 5.82 Å². The van der Waals surface area contributed by atoms with Crippen LogP contribution >= 0.6 is 0 Å². The molecule has 1 aliphatic rings. The number of ether oxygens (including phenoxy) is 1. The van der Waals surface area contributed by atoms with Crippen LogP contribution in [0.2, 0.25) is 0 Å². The quantitative estimate of drug-likeness (QED) is 0.711. The molecule has 8 heteroatoms. The lowest BCUT2D eigenvalue weighted by Crippen LogP contribution is -2.37. The highest BCUT2D eigenvalue weighted by Gasteiger charge is 2.26. The number of hydrogen-bond donors (Lipinski definition) is 2. The van der Waals surface area contributed by atoms with Crippen molar-refractivity contribution in [3.8, 4) is 0 Å². The van der Waals surface area contributed by atoms with Crippen molar-refractivity contribution >= 4 is 11.8 Å². The lowest BCUT2D eigenvalue weighted by atomic mass is 10.1. The van der Waals surface area contributed by atoms with Gasteiger partial charge in [-0.1, -0.05) is 12.1 Å². The molecule has 0 spiro atoms. The smallest absolute Gasteiger partial charge is 0.271 e. The first-order chi connectivity index (χ1) is 12.5. The zero-order valence-electron chi connectivity index (χ0n) is 14.5. The molecule has 3 rings (SSSR count). The van der Waals surface area contributed by atoms with Gasteiger partial charge in [0, 0.05) is 25.8 Å². The van der Waals surface area contributed by atoms with Crippen LogP contribution in [0.15, 0.2) is 30.3 Å². The molecule has 26 heavy (non-hydrogen) atoms. The van der Waals surface area contributed by atoms with E-state index in [-0.39, 0.29) is 30.1 Å². The second-order valence-electron chi connectivity index (χ2n) is 6.22. The van der Waals surface area contributed by atoms with Crippen molar-refractivity contribution in [1.29, 1.82) is 0 Å². The number of nitrogens with one attached hydrogen (secondary N) is 2. The Kier molecular flexibility index (Phi) is 5.62. The SMILES string of the molecule is COCCNC(=O)c1cc2n(n1)CC(NC(=O)Cc1ccc(F)cc1)C2. The summed E-state index contributed by atoms with van der Waals surface area (Å²) in [5.74, 6) is -0.678. The van der Waals surface area contributed by atoms with Crippen molar-refractivity contribution in [3.05, 3.63) is 53.1 Å². The van der Waals surface area contributed by atoms with Crippen LogP contribution < -0.4 is 10.6 Å². The molecule has 0 saturated carbocycles. The largest absolute Gasteiger partial charge is 0.383 e. The predicted molar refractivity (Wildman–Crippen MR) is 92.2 cm³/mol. The van der Waals surface area contributed by atoms with Gasteiger partial charge in [0.25, 0.3) is 5.91 Å². The average Bonchev–Trinajstić information content (AvgIpc) is 3.15. The summed E-state index contributed by atoms with van der Waals surface area (Å²) < 4.78 is 19.5. The minimum Gasteiger partial charge on any atom is -0.383 e. The molecule has 138 valence electrons. The Bertz CT molecular complexity index is 765. The van der Waals surface area contributed by atoms with Crippen LogP contribution in [0.4, 0.5) is 4.39 Å². The van der Waals surface area contributed by atoms with Crippen molar-refractivity contribution in [2.75, 3.05) is 20.3 Å². The highest BCUT2D eigenvalue weighted by atomic mass is 19.1. The zero-order chi connectivity index (χ0) is 18.5. The van der Waals surface area contributed by atoms with Crippen LogP contribution in [-0.2, 0) is 28.9 Å².